The molecule has 0 amide bonds. The van der Waals surface area contributed by atoms with E-state index in [2.05, 4.69) is 19.7 Å². The monoisotopic (exact) mass is 302 g/mol. The van der Waals surface area contributed by atoms with E-state index in [-0.39, 0.29) is 18.3 Å². The number of rotatable bonds is 12. The zero-order chi connectivity index (χ0) is 15.6. The van der Waals surface area contributed by atoms with E-state index in [1.54, 1.807) is 39.0 Å². The highest BCUT2D eigenvalue weighted by Crippen LogP contribution is 2.53. The van der Waals surface area contributed by atoms with Crippen LogP contribution in [0.25, 0.3) is 0 Å². The quantitative estimate of drug-likeness (QED) is 0.374. The lowest BCUT2D eigenvalue weighted by atomic mass is 10.3. The highest BCUT2D eigenvalue weighted by atomic mass is 31.2. The highest BCUT2D eigenvalue weighted by Gasteiger charge is 2.33. The van der Waals surface area contributed by atoms with Gasteiger partial charge in [-0.05, 0) is 40.0 Å². The molecule has 0 rings (SSSR count). The molecule has 0 aromatic carbocycles. The van der Waals surface area contributed by atoms with Gasteiger partial charge in [0.2, 0.25) is 0 Å². The first-order valence-electron chi connectivity index (χ1n) is 6.84. The molecule has 0 bridgehead atoms. The van der Waals surface area contributed by atoms with Crippen LogP contribution in [-0.4, -0.2) is 18.3 Å². The summed E-state index contributed by atoms with van der Waals surface area (Å²) in [6, 6.07) is 0. The molecule has 0 aromatic rings. The molecule has 5 heteroatoms. The second-order valence-corrected chi connectivity index (χ2v) is 6.30. The molecule has 0 N–H and O–H groups in total. The number of phosphoric ester groups is 1. The van der Waals surface area contributed by atoms with Gasteiger partial charge in [0.15, 0.2) is 0 Å². The van der Waals surface area contributed by atoms with E-state index in [1.807, 2.05) is 0 Å². The Labute approximate surface area is 123 Å². The van der Waals surface area contributed by atoms with E-state index >= 15 is 0 Å². The molecular formula is C15H27O4P. The van der Waals surface area contributed by atoms with Crippen LogP contribution in [-0.2, 0) is 18.1 Å². The predicted molar refractivity (Wildman–Crippen MR) is 83.7 cm³/mol. The fourth-order valence-electron chi connectivity index (χ4n) is 1.57. The lowest BCUT2D eigenvalue weighted by Crippen LogP contribution is -2.16. The van der Waals surface area contributed by atoms with Gasteiger partial charge in [-0.1, -0.05) is 18.2 Å². The van der Waals surface area contributed by atoms with Gasteiger partial charge in [0.05, 0.1) is 18.3 Å². The van der Waals surface area contributed by atoms with Crippen LogP contribution in [0.4, 0.5) is 0 Å². The molecule has 0 saturated heterocycles. The highest BCUT2D eigenvalue weighted by molar-refractivity contribution is 7.48. The molecule has 0 fully saturated rings. The SMILES string of the molecule is C=CCC(C)OP(=O)(OC(C)CC=C)OC(C)CC=C. The van der Waals surface area contributed by atoms with Crippen LogP contribution in [0.15, 0.2) is 38.0 Å². The Morgan fingerprint density at radius 2 is 1.05 bits per heavy atom. The minimum absolute atomic E-state index is 0.287. The van der Waals surface area contributed by atoms with Crippen molar-refractivity contribution >= 4 is 7.82 Å². The first-order valence-corrected chi connectivity index (χ1v) is 8.30. The molecule has 3 atom stereocenters. The molecule has 0 aliphatic carbocycles. The maximum absolute atomic E-state index is 12.7. The second kappa shape index (κ2) is 10.1. The summed E-state index contributed by atoms with van der Waals surface area (Å²) < 4.78 is 29.2. The molecule has 0 spiro atoms. The van der Waals surface area contributed by atoms with Gasteiger partial charge in [0, 0.05) is 0 Å². The van der Waals surface area contributed by atoms with Crippen LogP contribution in [0.2, 0.25) is 0 Å². The minimum atomic E-state index is -3.62. The molecule has 4 nitrogen and oxygen atoms in total. The minimum Gasteiger partial charge on any atom is -0.283 e. The third kappa shape index (κ3) is 8.49. The molecule has 3 unspecified atom stereocenters. The van der Waals surface area contributed by atoms with Gasteiger partial charge in [-0.2, -0.15) is 0 Å². The molecule has 0 aliphatic rings. The lowest BCUT2D eigenvalue weighted by molar-refractivity contribution is 0.0454. The summed E-state index contributed by atoms with van der Waals surface area (Å²) in [5.41, 5.74) is 0. The Kier molecular flexibility index (Phi) is 9.78. The Hall–Kier alpha value is -0.670. The molecule has 0 aromatic heterocycles. The van der Waals surface area contributed by atoms with Gasteiger partial charge in [0.1, 0.15) is 0 Å². The topological polar surface area (TPSA) is 44.8 Å². The molecule has 116 valence electrons. The smallest absolute Gasteiger partial charge is 0.283 e. The summed E-state index contributed by atoms with van der Waals surface area (Å²) in [4.78, 5) is 0. The summed E-state index contributed by atoms with van der Waals surface area (Å²) in [6.07, 6.45) is 5.97. The van der Waals surface area contributed by atoms with Crippen molar-refractivity contribution in [3.05, 3.63) is 38.0 Å². The van der Waals surface area contributed by atoms with Crippen molar-refractivity contribution in [1.82, 2.24) is 0 Å². The van der Waals surface area contributed by atoms with Gasteiger partial charge in [-0.3, -0.25) is 13.6 Å². The number of hydrogen-bond donors (Lipinski definition) is 0. The van der Waals surface area contributed by atoms with Gasteiger partial charge in [-0.25, -0.2) is 4.57 Å². The zero-order valence-electron chi connectivity index (χ0n) is 12.8. The standard InChI is InChI=1S/C15H27O4P/c1-7-10-13(4)17-20(16,18-14(5)11-8-2)19-15(6)12-9-3/h7-9,13-15H,1-3,10-12H2,4-6H3. The lowest BCUT2D eigenvalue weighted by Gasteiger charge is -2.26. The van der Waals surface area contributed by atoms with Crippen LogP contribution in [0.5, 0.6) is 0 Å². The van der Waals surface area contributed by atoms with Gasteiger partial charge >= 0.3 is 7.82 Å². The maximum atomic E-state index is 12.7. The van der Waals surface area contributed by atoms with Gasteiger partial charge in [-0.15, -0.1) is 19.7 Å². The van der Waals surface area contributed by atoms with Crippen molar-refractivity contribution < 1.29 is 18.1 Å². The molecule has 0 saturated carbocycles. The van der Waals surface area contributed by atoms with Crippen LogP contribution >= 0.6 is 7.82 Å². The Bertz CT molecular complexity index is 301. The molecule has 0 radical (unpaired) electrons. The first-order chi connectivity index (χ1) is 9.36. The van der Waals surface area contributed by atoms with E-state index in [9.17, 15) is 4.57 Å². The normalized spacial score (nSPS) is 18.6. The van der Waals surface area contributed by atoms with Crippen molar-refractivity contribution in [2.45, 2.75) is 58.3 Å². The second-order valence-electron chi connectivity index (χ2n) is 4.77. The molecule has 0 aliphatic heterocycles. The zero-order valence-corrected chi connectivity index (χ0v) is 13.7. The average Bonchev–Trinajstić information content (AvgIpc) is 2.28. The van der Waals surface area contributed by atoms with Crippen molar-refractivity contribution in [1.29, 1.82) is 0 Å². The average molecular weight is 302 g/mol. The van der Waals surface area contributed by atoms with Crippen LogP contribution in [0, 0.1) is 0 Å². The van der Waals surface area contributed by atoms with E-state index in [0.29, 0.717) is 19.3 Å². The number of hydrogen-bond acceptors (Lipinski definition) is 4. The summed E-state index contributed by atoms with van der Waals surface area (Å²) in [5.74, 6) is 0. The molecule has 20 heavy (non-hydrogen) atoms. The summed E-state index contributed by atoms with van der Waals surface area (Å²) in [5, 5.41) is 0. The first kappa shape index (κ1) is 19.3. The van der Waals surface area contributed by atoms with Crippen molar-refractivity contribution in [3.63, 3.8) is 0 Å². The van der Waals surface area contributed by atoms with Crippen molar-refractivity contribution in [3.8, 4) is 0 Å². The van der Waals surface area contributed by atoms with Crippen LogP contribution in [0.3, 0.4) is 0 Å². The maximum Gasteiger partial charge on any atom is 0.475 e. The number of phosphoric acid groups is 1. The van der Waals surface area contributed by atoms with Crippen LogP contribution in [0.1, 0.15) is 40.0 Å². The Balaban J connectivity index is 4.81. The Morgan fingerprint density at radius 3 is 1.25 bits per heavy atom. The van der Waals surface area contributed by atoms with Gasteiger partial charge in [0.25, 0.3) is 0 Å². The summed E-state index contributed by atoms with van der Waals surface area (Å²) >= 11 is 0. The molecule has 0 heterocycles. The van der Waals surface area contributed by atoms with Crippen molar-refractivity contribution in [2.75, 3.05) is 0 Å². The predicted octanol–water partition coefficient (Wildman–Crippen LogP) is 5.04. The summed E-state index contributed by atoms with van der Waals surface area (Å²) in [6.45, 7) is 16.3. The van der Waals surface area contributed by atoms with E-state index in [0.717, 1.165) is 0 Å². The molecular weight excluding hydrogens is 275 g/mol. The van der Waals surface area contributed by atoms with Crippen molar-refractivity contribution in [2.24, 2.45) is 0 Å². The van der Waals surface area contributed by atoms with Crippen LogP contribution < -0.4 is 0 Å². The van der Waals surface area contributed by atoms with E-state index < -0.39 is 7.82 Å². The third-order valence-electron chi connectivity index (χ3n) is 2.42. The summed E-state index contributed by atoms with van der Waals surface area (Å²) in [7, 11) is -3.62. The fraction of sp³-hybridized carbons (Fsp3) is 0.600. The fourth-order valence-corrected chi connectivity index (χ4v) is 3.30. The van der Waals surface area contributed by atoms with Gasteiger partial charge < -0.3 is 0 Å². The van der Waals surface area contributed by atoms with E-state index in [1.165, 1.54) is 0 Å². The van der Waals surface area contributed by atoms with E-state index in [4.69, 9.17) is 13.6 Å². The Morgan fingerprint density at radius 1 is 0.800 bits per heavy atom. The largest absolute Gasteiger partial charge is 0.475 e. The third-order valence-corrected chi connectivity index (χ3v) is 4.28.